The summed E-state index contributed by atoms with van der Waals surface area (Å²) in [6, 6.07) is 0. The smallest absolute Gasteiger partial charge is 0.232 e. The Morgan fingerprint density at radius 2 is 2.29 bits per heavy atom. The van der Waals surface area contributed by atoms with E-state index in [2.05, 4.69) is 0 Å². The summed E-state index contributed by atoms with van der Waals surface area (Å²) >= 11 is 0. The summed E-state index contributed by atoms with van der Waals surface area (Å²) < 4.78 is 0. The molecule has 0 aliphatic carbocycles. The van der Waals surface area contributed by atoms with Gasteiger partial charge in [0.25, 0.3) is 0 Å². The molecule has 1 unspecified atom stereocenters. The first-order chi connectivity index (χ1) is 6.46. The highest BCUT2D eigenvalue weighted by Crippen LogP contribution is 2.31. The van der Waals surface area contributed by atoms with Gasteiger partial charge in [0.1, 0.15) is 0 Å². The average Bonchev–Trinajstić information content (AvgIpc) is 2.11. The second kappa shape index (κ2) is 3.77. The fourth-order valence-corrected chi connectivity index (χ4v) is 1.71. The molecule has 1 amide bonds. The zero-order valence-corrected chi connectivity index (χ0v) is 8.40. The fraction of sp³-hybridized carbons (Fsp3) is 0.667. The van der Waals surface area contributed by atoms with E-state index in [0.717, 1.165) is 19.2 Å². The third-order valence-electron chi connectivity index (χ3n) is 2.59. The number of piperidine rings is 1. The van der Waals surface area contributed by atoms with Crippen LogP contribution in [0.25, 0.3) is 0 Å². The lowest BCUT2D eigenvalue weighted by atomic mass is 9.81. The highest BCUT2D eigenvalue weighted by molar-refractivity contribution is 5.84. The number of hydrogen-bond donors (Lipinski definition) is 0. The number of carbonyl (C=O) groups excluding carboxylic acids is 1. The average molecular weight is 198 g/mol. The van der Waals surface area contributed by atoms with Crippen molar-refractivity contribution in [3.63, 3.8) is 0 Å². The molecule has 14 heavy (non-hydrogen) atoms. The lowest BCUT2D eigenvalue weighted by Crippen LogP contribution is -2.44. The number of carbonyl (C=O) groups is 1. The summed E-state index contributed by atoms with van der Waals surface area (Å²) in [7, 11) is 1.72. The second-order valence-corrected chi connectivity index (χ2v) is 3.85. The molecule has 0 radical (unpaired) electrons. The Hall–Kier alpha value is -1.39. The van der Waals surface area contributed by atoms with E-state index in [0.29, 0.717) is 6.42 Å². The molecule has 0 N–H and O–H groups in total. The van der Waals surface area contributed by atoms with Gasteiger partial charge in [0.2, 0.25) is 12.1 Å². The predicted octanol–water partition coefficient (Wildman–Crippen LogP) is 1.04. The van der Waals surface area contributed by atoms with Crippen LogP contribution >= 0.6 is 0 Å². The van der Waals surface area contributed by atoms with Crippen LogP contribution in [0.5, 0.6) is 0 Å². The van der Waals surface area contributed by atoms with E-state index >= 15 is 0 Å². The van der Waals surface area contributed by atoms with Gasteiger partial charge in [0, 0.05) is 19.7 Å². The number of nitrogens with zero attached hydrogens (tertiary/aromatic N) is 2. The number of nitro groups is 1. The third kappa shape index (κ3) is 2.10. The molecule has 1 heterocycles. The molecule has 78 valence electrons. The standard InChI is InChI=1S/C9H14N2O3/c1-9(5-7-11(13)14)4-3-6-10(2)8(9)12/h5,7H,3-4,6H2,1-2H3/b7-5+. The van der Waals surface area contributed by atoms with Crippen molar-refractivity contribution >= 4 is 5.91 Å². The molecule has 0 saturated carbocycles. The third-order valence-corrected chi connectivity index (χ3v) is 2.59. The summed E-state index contributed by atoms with van der Waals surface area (Å²) in [4.78, 5) is 23.0. The van der Waals surface area contributed by atoms with Crippen LogP contribution in [0.15, 0.2) is 12.3 Å². The van der Waals surface area contributed by atoms with Crippen molar-refractivity contribution in [2.75, 3.05) is 13.6 Å². The summed E-state index contributed by atoms with van der Waals surface area (Å²) in [6.45, 7) is 2.48. The molecule has 0 bridgehead atoms. The van der Waals surface area contributed by atoms with Gasteiger partial charge in [0.15, 0.2) is 0 Å². The molecule has 1 rings (SSSR count). The van der Waals surface area contributed by atoms with E-state index in [9.17, 15) is 14.9 Å². The summed E-state index contributed by atoms with van der Waals surface area (Å²) in [5, 5.41) is 10.2. The first kappa shape index (κ1) is 10.7. The zero-order valence-electron chi connectivity index (χ0n) is 8.40. The van der Waals surface area contributed by atoms with Gasteiger partial charge in [-0.2, -0.15) is 0 Å². The Morgan fingerprint density at radius 3 is 2.86 bits per heavy atom. The fourth-order valence-electron chi connectivity index (χ4n) is 1.71. The Morgan fingerprint density at radius 1 is 1.64 bits per heavy atom. The molecule has 0 aromatic rings. The molecule has 5 heteroatoms. The first-order valence-electron chi connectivity index (χ1n) is 4.54. The largest absolute Gasteiger partial charge is 0.345 e. The van der Waals surface area contributed by atoms with Gasteiger partial charge in [-0.1, -0.05) is 0 Å². The maximum absolute atomic E-state index is 11.7. The number of hydrogen-bond acceptors (Lipinski definition) is 3. The molecule has 1 aliphatic rings. The molecule has 1 atom stereocenters. The number of amides is 1. The molecule has 1 saturated heterocycles. The van der Waals surface area contributed by atoms with Crippen LogP contribution in [0.1, 0.15) is 19.8 Å². The van der Waals surface area contributed by atoms with E-state index in [4.69, 9.17) is 0 Å². The van der Waals surface area contributed by atoms with Crippen molar-refractivity contribution in [1.29, 1.82) is 0 Å². The van der Waals surface area contributed by atoms with E-state index in [-0.39, 0.29) is 5.91 Å². The summed E-state index contributed by atoms with van der Waals surface area (Å²) in [6.07, 6.45) is 3.82. The number of likely N-dealkylation sites (tertiary alicyclic amines) is 1. The van der Waals surface area contributed by atoms with Crippen LogP contribution in [0.4, 0.5) is 0 Å². The van der Waals surface area contributed by atoms with Crippen LogP contribution in [0.2, 0.25) is 0 Å². The molecule has 0 aromatic heterocycles. The van der Waals surface area contributed by atoms with Gasteiger partial charge >= 0.3 is 0 Å². The first-order valence-corrected chi connectivity index (χ1v) is 4.54. The normalized spacial score (nSPS) is 28.4. The SMILES string of the molecule is CN1CCCC(C)(/C=C/[N+](=O)[O-])C1=O. The molecular formula is C9H14N2O3. The van der Waals surface area contributed by atoms with Gasteiger partial charge < -0.3 is 4.90 Å². The summed E-state index contributed by atoms with van der Waals surface area (Å²) in [5.74, 6) is -0.0400. The van der Waals surface area contributed by atoms with Crippen molar-refractivity contribution in [2.24, 2.45) is 5.41 Å². The maximum Gasteiger partial charge on any atom is 0.232 e. The Labute approximate surface area is 82.5 Å². The summed E-state index contributed by atoms with van der Waals surface area (Å²) in [5.41, 5.74) is -0.694. The van der Waals surface area contributed by atoms with Gasteiger partial charge in [-0.15, -0.1) is 0 Å². The topological polar surface area (TPSA) is 63.4 Å². The van der Waals surface area contributed by atoms with Crippen LogP contribution in [-0.4, -0.2) is 29.3 Å². The molecule has 0 spiro atoms. The number of rotatable bonds is 2. The molecular weight excluding hydrogens is 184 g/mol. The van der Waals surface area contributed by atoms with Gasteiger partial charge in [-0.3, -0.25) is 14.9 Å². The Kier molecular flexibility index (Phi) is 2.88. The van der Waals surface area contributed by atoms with E-state index < -0.39 is 10.3 Å². The highest BCUT2D eigenvalue weighted by atomic mass is 16.6. The van der Waals surface area contributed by atoms with E-state index in [1.54, 1.807) is 18.9 Å². The van der Waals surface area contributed by atoms with Gasteiger partial charge in [0.05, 0.1) is 10.3 Å². The molecule has 1 fully saturated rings. The predicted molar refractivity (Wildman–Crippen MR) is 51.1 cm³/mol. The highest BCUT2D eigenvalue weighted by Gasteiger charge is 2.36. The van der Waals surface area contributed by atoms with E-state index in [1.807, 2.05) is 0 Å². The van der Waals surface area contributed by atoms with Crippen LogP contribution in [0.3, 0.4) is 0 Å². The molecule has 0 aromatic carbocycles. The minimum Gasteiger partial charge on any atom is -0.345 e. The monoisotopic (exact) mass is 198 g/mol. The van der Waals surface area contributed by atoms with Crippen LogP contribution in [0, 0.1) is 15.5 Å². The minimum atomic E-state index is -0.694. The lowest BCUT2D eigenvalue weighted by molar-refractivity contribution is -0.403. The quantitative estimate of drug-likeness (QED) is 0.492. The second-order valence-electron chi connectivity index (χ2n) is 3.85. The molecule has 1 aliphatic heterocycles. The van der Waals surface area contributed by atoms with Gasteiger partial charge in [-0.05, 0) is 19.8 Å². The molecule has 5 nitrogen and oxygen atoms in total. The lowest BCUT2D eigenvalue weighted by Gasteiger charge is -2.34. The maximum atomic E-state index is 11.7. The van der Waals surface area contributed by atoms with Gasteiger partial charge in [-0.25, -0.2) is 0 Å². The minimum absolute atomic E-state index is 0.0400. The van der Waals surface area contributed by atoms with Crippen LogP contribution in [-0.2, 0) is 4.79 Å². The zero-order chi connectivity index (χ0) is 10.8. The Bertz CT molecular complexity index is 288. The van der Waals surface area contributed by atoms with Crippen molar-refractivity contribution in [3.8, 4) is 0 Å². The van der Waals surface area contributed by atoms with Crippen molar-refractivity contribution < 1.29 is 9.72 Å². The van der Waals surface area contributed by atoms with Crippen molar-refractivity contribution in [1.82, 2.24) is 4.90 Å². The van der Waals surface area contributed by atoms with E-state index in [1.165, 1.54) is 6.08 Å². The van der Waals surface area contributed by atoms with Crippen molar-refractivity contribution in [2.45, 2.75) is 19.8 Å². The van der Waals surface area contributed by atoms with Crippen LogP contribution < -0.4 is 0 Å². The van der Waals surface area contributed by atoms with Crippen molar-refractivity contribution in [3.05, 3.63) is 22.4 Å². The Balaban J connectivity index is 2.81.